The molecule has 0 aliphatic carbocycles. The van der Waals surface area contributed by atoms with Gasteiger partial charge in [0.15, 0.2) is 0 Å². The number of hydrogen-bond donors (Lipinski definition) is 2. The third kappa shape index (κ3) is 3.13. The summed E-state index contributed by atoms with van der Waals surface area (Å²) >= 11 is 0. The van der Waals surface area contributed by atoms with Crippen LogP contribution in [0, 0.1) is 0 Å². The molecule has 3 heteroatoms. The summed E-state index contributed by atoms with van der Waals surface area (Å²) in [6, 6.07) is 4.48. The topological polar surface area (TPSA) is 37.0 Å². The lowest BCUT2D eigenvalue weighted by atomic mass is 10.1. The van der Waals surface area contributed by atoms with Gasteiger partial charge in [-0.1, -0.05) is 6.07 Å². The van der Waals surface area contributed by atoms with E-state index < -0.39 is 0 Å². The van der Waals surface area contributed by atoms with Crippen LogP contribution in [0.2, 0.25) is 0 Å². The molecule has 0 radical (unpaired) electrons. The predicted molar refractivity (Wildman–Crippen MR) is 54.6 cm³/mol. The molecule has 3 nitrogen and oxygen atoms in total. The molecule has 0 spiro atoms. The third-order valence-corrected chi connectivity index (χ3v) is 2.12. The first-order valence-corrected chi connectivity index (χ1v) is 4.60. The van der Waals surface area contributed by atoms with E-state index in [1.165, 1.54) is 5.56 Å². The summed E-state index contributed by atoms with van der Waals surface area (Å²) < 4.78 is 0. The van der Waals surface area contributed by atoms with Crippen molar-refractivity contribution in [3.8, 4) is 0 Å². The van der Waals surface area contributed by atoms with Gasteiger partial charge in [-0.15, -0.1) is 0 Å². The molecule has 0 saturated carbocycles. The molecule has 0 aromatic carbocycles. The van der Waals surface area contributed by atoms with E-state index in [1.54, 1.807) is 6.20 Å². The van der Waals surface area contributed by atoms with Crippen LogP contribution in [0.25, 0.3) is 0 Å². The van der Waals surface area contributed by atoms with Crippen molar-refractivity contribution in [2.45, 2.75) is 12.5 Å². The van der Waals surface area contributed by atoms with Crippen molar-refractivity contribution >= 4 is 0 Å². The largest absolute Gasteiger partial charge is 0.320 e. The highest BCUT2D eigenvalue weighted by Gasteiger charge is 2.06. The smallest absolute Gasteiger partial charge is 0.0344 e. The van der Waals surface area contributed by atoms with Crippen molar-refractivity contribution in [2.75, 3.05) is 20.6 Å². The van der Waals surface area contributed by atoms with Gasteiger partial charge in [0.25, 0.3) is 0 Å². The highest BCUT2D eigenvalue weighted by molar-refractivity contribution is 5.13. The minimum Gasteiger partial charge on any atom is -0.320 e. The zero-order valence-corrected chi connectivity index (χ0v) is 8.25. The molecular weight excluding hydrogens is 162 g/mol. The Bertz CT molecular complexity index is 223. The van der Waals surface area contributed by atoms with E-state index in [-0.39, 0.29) is 0 Å². The maximum Gasteiger partial charge on any atom is 0.0344 e. The maximum absolute atomic E-state index is 4.10. The van der Waals surface area contributed by atoms with Crippen LogP contribution in [-0.4, -0.2) is 25.6 Å². The van der Waals surface area contributed by atoms with Crippen molar-refractivity contribution < 1.29 is 0 Å². The van der Waals surface area contributed by atoms with Crippen LogP contribution in [0.3, 0.4) is 0 Å². The van der Waals surface area contributed by atoms with E-state index in [0.29, 0.717) is 6.04 Å². The number of rotatable bonds is 5. The van der Waals surface area contributed by atoms with Crippen LogP contribution < -0.4 is 10.6 Å². The van der Waals surface area contributed by atoms with E-state index in [2.05, 4.69) is 21.7 Å². The fraction of sp³-hybridized carbons (Fsp3) is 0.500. The number of nitrogens with zero attached hydrogens (tertiary/aromatic N) is 1. The second-order valence-corrected chi connectivity index (χ2v) is 3.02. The Kier molecular flexibility index (Phi) is 4.43. The fourth-order valence-electron chi connectivity index (χ4n) is 1.35. The van der Waals surface area contributed by atoms with Crippen molar-refractivity contribution in [3.05, 3.63) is 30.1 Å². The SMILES string of the molecule is CNCCC(NC)c1cccnc1. The molecule has 1 unspecified atom stereocenters. The minimum atomic E-state index is 0.404. The Balaban J connectivity index is 2.56. The number of pyridine rings is 1. The first kappa shape index (κ1) is 10.2. The molecule has 1 atom stereocenters. The Hall–Kier alpha value is -0.930. The summed E-state index contributed by atoms with van der Waals surface area (Å²) in [7, 11) is 3.95. The van der Waals surface area contributed by atoms with Gasteiger partial charge >= 0.3 is 0 Å². The molecule has 0 aliphatic rings. The first-order chi connectivity index (χ1) is 6.38. The monoisotopic (exact) mass is 179 g/mol. The van der Waals surface area contributed by atoms with Crippen LogP contribution in [0.15, 0.2) is 24.5 Å². The van der Waals surface area contributed by atoms with Gasteiger partial charge in [0.2, 0.25) is 0 Å². The van der Waals surface area contributed by atoms with Gasteiger partial charge in [-0.3, -0.25) is 4.98 Å². The zero-order valence-electron chi connectivity index (χ0n) is 8.25. The maximum atomic E-state index is 4.10. The molecule has 1 aromatic heterocycles. The number of hydrogen-bond acceptors (Lipinski definition) is 3. The van der Waals surface area contributed by atoms with Crippen LogP contribution in [-0.2, 0) is 0 Å². The Labute approximate surface area is 79.6 Å². The molecule has 0 fully saturated rings. The summed E-state index contributed by atoms with van der Waals surface area (Å²) in [6.45, 7) is 1.01. The van der Waals surface area contributed by atoms with Gasteiger partial charge in [-0.05, 0) is 38.7 Å². The third-order valence-electron chi connectivity index (χ3n) is 2.12. The highest BCUT2D eigenvalue weighted by Crippen LogP contribution is 2.13. The second-order valence-electron chi connectivity index (χ2n) is 3.02. The predicted octanol–water partition coefficient (Wildman–Crippen LogP) is 0.952. The first-order valence-electron chi connectivity index (χ1n) is 4.60. The molecule has 0 bridgehead atoms. The van der Waals surface area contributed by atoms with Gasteiger partial charge in [0.1, 0.15) is 0 Å². The normalized spacial score (nSPS) is 12.8. The molecule has 0 saturated heterocycles. The summed E-state index contributed by atoms with van der Waals surface area (Å²) in [5.41, 5.74) is 1.25. The molecule has 0 amide bonds. The van der Waals surface area contributed by atoms with E-state index in [9.17, 15) is 0 Å². The van der Waals surface area contributed by atoms with Gasteiger partial charge in [-0.2, -0.15) is 0 Å². The fourth-order valence-corrected chi connectivity index (χ4v) is 1.35. The Morgan fingerprint density at radius 3 is 2.85 bits per heavy atom. The van der Waals surface area contributed by atoms with Gasteiger partial charge in [0.05, 0.1) is 0 Å². The Morgan fingerprint density at radius 1 is 1.46 bits per heavy atom. The summed E-state index contributed by atoms with van der Waals surface area (Å²) in [4.78, 5) is 4.10. The molecule has 13 heavy (non-hydrogen) atoms. The van der Waals surface area contributed by atoms with Crippen LogP contribution in [0.1, 0.15) is 18.0 Å². The van der Waals surface area contributed by atoms with Crippen molar-refractivity contribution in [1.29, 1.82) is 0 Å². The van der Waals surface area contributed by atoms with Crippen LogP contribution in [0.4, 0.5) is 0 Å². The molecule has 1 heterocycles. The second kappa shape index (κ2) is 5.67. The molecular formula is C10H17N3. The van der Waals surface area contributed by atoms with Crippen molar-refractivity contribution in [2.24, 2.45) is 0 Å². The average Bonchev–Trinajstić information content (AvgIpc) is 2.21. The lowest BCUT2D eigenvalue weighted by molar-refractivity contribution is 0.532. The molecule has 2 N–H and O–H groups in total. The summed E-state index contributed by atoms with van der Waals surface area (Å²) in [5.74, 6) is 0. The minimum absolute atomic E-state index is 0.404. The van der Waals surface area contributed by atoms with Crippen molar-refractivity contribution in [1.82, 2.24) is 15.6 Å². The standard InChI is InChI=1S/C10H17N3/c1-11-7-5-10(12-2)9-4-3-6-13-8-9/h3-4,6,8,10-12H,5,7H2,1-2H3. The highest BCUT2D eigenvalue weighted by atomic mass is 14.9. The lowest BCUT2D eigenvalue weighted by Crippen LogP contribution is -2.21. The molecule has 72 valence electrons. The van der Waals surface area contributed by atoms with Gasteiger partial charge in [0, 0.05) is 18.4 Å². The Morgan fingerprint density at radius 2 is 2.31 bits per heavy atom. The van der Waals surface area contributed by atoms with E-state index in [1.807, 2.05) is 26.4 Å². The van der Waals surface area contributed by atoms with Gasteiger partial charge in [-0.25, -0.2) is 0 Å². The zero-order chi connectivity index (χ0) is 9.52. The quantitative estimate of drug-likeness (QED) is 0.706. The van der Waals surface area contributed by atoms with Gasteiger partial charge < -0.3 is 10.6 Å². The molecule has 1 rings (SSSR count). The summed E-state index contributed by atoms with van der Waals surface area (Å²) in [5, 5.41) is 6.41. The van der Waals surface area contributed by atoms with E-state index in [0.717, 1.165) is 13.0 Å². The average molecular weight is 179 g/mol. The number of nitrogens with one attached hydrogen (secondary N) is 2. The number of aromatic nitrogens is 1. The van der Waals surface area contributed by atoms with Crippen LogP contribution in [0.5, 0.6) is 0 Å². The van der Waals surface area contributed by atoms with Crippen LogP contribution >= 0.6 is 0 Å². The van der Waals surface area contributed by atoms with E-state index >= 15 is 0 Å². The summed E-state index contributed by atoms with van der Waals surface area (Å²) in [6.07, 6.45) is 4.80. The van der Waals surface area contributed by atoms with E-state index in [4.69, 9.17) is 0 Å². The lowest BCUT2D eigenvalue weighted by Gasteiger charge is -2.15. The van der Waals surface area contributed by atoms with Crippen molar-refractivity contribution in [3.63, 3.8) is 0 Å². The molecule has 0 aliphatic heterocycles. The molecule has 1 aromatic rings.